The molecule has 1 aliphatic heterocycles. The largest absolute Gasteiger partial charge is 0.349 e. The predicted octanol–water partition coefficient (Wildman–Crippen LogP) is 2.82. The van der Waals surface area contributed by atoms with Gasteiger partial charge in [0.15, 0.2) is 0 Å². The summed E-state index contributed by atoms with van der Waals surface area (Å²) in [5, 5.41) is 5.49. The van der Waals surface area contributed by atoms with Gasteiger partial charge in [0, 0.05) is 20.0 Å². The normalized spacial score (nSPS) is 16.9. The SMILES string of the molecule is CC(NC(=O)CN1CCC(C(=O)N(C)C)CC1)c1ccc2ccccc2c1. The monoisotopic (exact) mass is 367 g/mol. The summed E-state index contributed by atoms with van der Waals surface area (Å²) in [6.45, 7) is 3.99. The number of benzene rings is 2. The zero-order valence-corrected chi connectivity index (χ0v) is 16.4. The van der Waals surface area contributed by atoms with Crippen LogP contribution in [0.5, 0.6) is 0 Å². The van der Waals surface area contributed by atoms with Crippen molar-refractivity contribution in [2.24, 2.45) is 5.92 Å². The lowest BCUT2D eigenvalue weighted by Gasteiger charge is -2.32. The van der Waals surface area contributed by atoms with Crippen LogP contribution in [0.25, 0.3) is 10.8 Å². The fourth-order valence-corrected chi connectivity index (χ4v) is 3.75. The van der Waals surface area contributed by atoms with E-state index in [2.05, 4.69) is 40.5 Å². The summed E-state index contributed by atoms with van der Waals surface area (Å²) in [7, 11) is 3.60. The van der Waals surface area contributed by atoms with Crippen molar-refractivity contribution >= 4 is 22.6 Å². The number of carbonyl (C=O) groups excluding carboxylic acids is 2. The zero-order chi connectivity index (χ0) is 19.4. The average Bonchev–Trinajstić information content (AvgIpc) is 2.67. The summed E-state index contributed by atoms with van der Waals surface area (Å²) >= 11 is 0. The summed E-state index contributed by atoms with van der Waals surface area (Å²) in [6.07, 6.45) is 1.65. The molecule has 144 valence electrons. The molecule has 0 spiro atoms. The van der Waals surface area contributed by atoms with Gasteiger partial charge in [-0.1, -0.05) is 36.4 Å². The Labute approximate surface area is 161 Å². The predicted molar refractivity (Wildman–Crippen MR) is 108 cm³/mol. The molecule has 5 heteroatoms. The van der Waals surface area contributed by atoms with E-state index in [-0.39, 0.29) is 23.8 Å². The van der Waals surface area contributed by atoms with Crippen molar-refractivity contribution in [3.8, 4) is 0 Å². The van der Waals surface area contributed by atoms with E-state index >= 15 is 0 Å². The standard InChI is InChI=1S/C22H29N3O2/c1-16(19-9-8-17-6-4-5-7-20(17)14-19)23-21(26)15-25-12-10-18(11-13-25)22(27)24(2)3/h4-9,14,16,18H,10-13,15H2,1-3H3,(H,23,26). The summed E-state index contributed by atoms with van der Waals surface area (Å²) in [5.41, 5.74) is 1.11. The van der Waals surface area contributed by atoms with E-state index in [1.54, 1.807) is 19.0 Å². The third-order valence-corrected chi connectivity index (χ3v) is 5.40. The molecule has 0 aromatic heterocycles. The lowest BCUT2D eigenvalue weighted by molar-refractivity contribution is -0.134. The van der Waals surface area contributed by atoms with Gasteiger partial charge in [0.05, 0.1) is 12.6 Å². The Balaban J connectivity index is 1.51. The Morgan fingerprint density at radius 3 is 2.44 bits per heavy atom. The number of hydrogen-bond donors (Lipinski definition) is 1. The van der Waals surface area contributed by atoms with Gasteiger partial charge < -0.3 is 10.2 Å². The van der Waals surface area contributed by atoms with E-state index in [9.17, 15) is 9.59 Å². The first-order chi connectivity index (χ1) is 12.9. The number of rotatable bonds is 5. The van der Waals surface area contributed by atoms with Crippen LogP contribution < -0.4 is 5.32 Å². The van der Waals surface area contributed by atoms with Crippen LogP contribution in [0.15, 0.2) is 42.5 Å². The van der Waals surface area contributed by atoms with E-state index in [0.717, 1.165) is 31.5 Å². The van der Waals surface area contributed by atoms with Crippen LogP contribution >= 0.6 is 0 Å². The van der Waals surface area contributed by atoms with E-state index < -0.39 is 0 Å². The van der Waals surface area contributed by atoms with Crippen molar-refractivity contribution in [3.05, 3.63) is 48.0 Å². The van der Waals surface area contributed by atoms with Crippen LogP contribution in [-0.2, 0) is 9.59 Å². The van der Waals surface area contributed by atoms with Gasteiger partial charge >= 0.3 is 0 Å². The highest BCUT2D eigenvalue weighted by Crippen LogP contribution is 2.21. The molecule has 0 saturated carbocycles. The van der Waals surface area contributed by atoms with Gasteiger partial charge in [0.1, 0.15) is 0 Å². The molecule has 1 saturated heterocycles. The molecule has 2 aromatic carbocycles. The number of hydrogen-bond acceptors (Lipinski definition) is 3. The summed E-state index contributed by atoms with van der Waals surface area (Å²) in [6, 6.07) is 14.5. The maximum Gasteiger partial charge on any atom is 0.234 e. The fraction of sp³-hybridized carbons (Fsp3) is 0.455. The molecule has 0 bridgehead atoms. The summed E-state index contributed by atoms with van der Waals surface area (Å²) < 4.78 is 0. The van der Waals surface area contributed by atoms with E-state index in [1.807, 2.05) is 19.1 Å². The van der Waals surface area contributed by atoms with E-state index in [1.165, 1.54) is 10.8 Å². The highest BCUT2D eigenvalue weighted by molar-refractivity contribution is 5.83. The van der Waals surface area contributed by atoms with Gasteiger partial charge in [-0.15, -0.1) is 0 Å². The molecule has 1 heterocycles. The molecule has 27 heavy (non-hydrogen) atoms. The molecular formula is C22H29N3O2. The van der Waals surface area contributed by atoms with Gasteiger partial charge in [-0.2, -0.15) is 0 Å². The molecule has 1 fully saturated rings. The third kappa shape index (κ3) is 4.86. The van der Waals surface area contributed by atoms with Crippen LogP contribution in [0, 0.1) is 5.92 Å². The number of likely N-dealkylation sites (tertiary alicyclic amines) is 1. The third-order valence-electron chi connectivity index (χ3n) is 5.40. The Bertz CT molecular complexity index is 810. The van der Waals surface area contributed by atoms with Crippen molar-refractivity contribution in [2.75, 3.05) is 33.7 Å². The molecule has 5 nitrogen and oxygen atoms in total. The molecule has 1 atom stereocenters. The van der Waals surface area contributed by atoms with Crippen LogP contribution in [0.1, 0.15) is 31.4 Å². The topological polar surface area (TPSA) is 52.7 Å². The lowest BCUT2D eigenvalue weighted by atomic mass is 9.95. The number of fused-ring (bicyclic) bond motifs is 1. The number of carbonyl (C=O) groups is 2. The minimum Gasteiger partial charge on any atom is -0.349 e. The Morgan fingerprint density at radius 2 is 1.78 bits per heavy atom. The quantitative estimate of drug-likeness (QED) is 0.884. The minimum absolute atomic E-state index is 0.0324. The molecule has 1 N–H and O–H groups in total. The fourth-order valence-electron chi connectivity index (χ4n) is 3.75. The first-order valence-corrected chi connectivity index (χ1v) is 9.65. The van der Waals surface area contributed by atoms with Crippen molar-refractivity contribution in [2.45, 2.75) is 25.8 Å². The van der Waals surface area contributed by atoms with Crippen molar-refractivity contribution in [1.29, 1.82) is 0 Å². The smallest absolute Gasteiger partial charge is 0.234 e. The van der Waals surface area contributed by atoms with Gasteiger partial charge in [0.25, 0.3) is 0 Å². The Kier molecular flexibility index (Phi) is 6.11. The first kappa shape index (κ1) is 19.4. The maximum atomic E-state index is 12.5. The molecule has 0 aliphatic carbocycles. The second-order valence-corrected chi connectivity index (χ2v) is 7.68. The van der Waals surface area contributed by atoms with Crippen LogP contribution in [0.3, 0.4) is 0 Å². The number of amides is 2. The first-order valence-electron chi connectivity index (χ1n) is 9.65. The molecule has 2 amide bonds. The minimum atomic E-state index is -0.0324. The highest BCUT2D eigenvalue weighted by Gasteiger charge is 2.27. The molecule has 0 radical (unpaired) electrons. The van der Waals surface area contributed by atoms with Gasteiger partial charge in [-0.3, -0.25) is 14.5 Å². The number of piperidine rings is 1. The molecule has 2 aromatic rings. The zero-order valence-electron chi connectivity index (χ0n) is 16.4. The second kappa shape index (κ2) is 8.53. The van der Waals surface area contributed by atoms with Crippen LogP contribution in [0.4, 0.5) is 0 Å². The van der Waals surface area contributed by atoms with E-state index in [4.69, 9.17) is 0 Å². The van der Waals surface area contributed by atoms with Crippen molar-refractivity contribution in [1.82, 2.24) is 15.1 Å². The highest BCUT2D eigenvalue weighted by atomic mass is 16.2. The molecule has 1 unspecified atom stereocenters. The maximum absolute atomic E-state index is 12.5. The van der Waals surface area contributed by atoms with E-state index in [0.29, 0.717) is 6.54 Å². The number of nitrogens with zero attached hydrogens (tertiary/aromatic N) is 2. The van der Waals surface area contributed by atoms with Crippen LogP contribution in [-0.4, -0.2) is 55.3 Å². The van der Waals surface area contributed by atoms with Crippen LogP contribution in [0.2, 0.25) is 0 Å². The van der Waals surface area contributed by atoms with Crippen molar-refractivity contribution < 1.29 is 9.59 Å². The summed E-state index contributed by atoms with van der Waals surface area (Å²) in [5.74, 6) is 0.327. The summed E-state index contributed by atoms with van der Waals surface area (Å²) in [4.78, 5) is 28.3. The van der Waals surface area contributed by atoms with Crippen molar-refractivity contribution in [3.63, 3.8) is 0 Å². The molecule has 3 rings (SSSR count). The lowest BCUT2D eigenvalue weighted by Crippen LogP contribution is -2.44. The molecule has 1 aliphatic rings. The Morgan fingerprint density at radius 1 is 1.11 bits per heavy atom. The average molecular weight is 367 g/mol. The Hall–Kier alpha value is -2.40. The second-order valence-electron chi connectivity index (χ2n) is 7.68. The van der Waals surface area contributed by atoms with Gasteiger partial charge in [0.2, 0.25) is 11.8 Å². The number of nitrogens with one attached hydrogen (secondary N) is 1. The molecular weight excluding hydrogens is 338 g/mol. The van der Waals surface area contributed by atoms with Gasteiger partial charge in [-0.05, 0) is 55.3 Å². The van der Waals surface area contributed by atoms with Gasteiger partial charge in [-0.25, -0.2) is 0 Å².